The van der Waals surface area contributed by atoms with Gasteiger partial charge in [0.2, 0.25) is 0 Å². The fourth-order valence-electron chi connectivity index (χ4n) is 0.879. The van der Waals surface area contributed by atoms with E-state index in [0.29, 0.717) is 0 Å². The topological polar surface area (TPSA) is 110 Å². The first kappa shape index (κ1) is 9.49. The summed E-state index contributed by atoms with van der Waals surface area (Å²) in [5, 5.41) is 27.8. The summed E-state index contributed by atoms with van der Waals surface area (Å²) in [6, 6.07) is 3.60. The smallest absolute Gasteiger partial charge is 0.423 e. The van der Waals surface area contributed by atoms with Gasteiger partial charge in [0, 0.05) is 6.07 Å². The SMILES string of the molecule is Nc1ccc(B(O)O)cc1[N+](=O)[O-]. The van der Waals surface area contributed by atoms with Crippen LogP contribution >= 0.6 is 0 Å². The third-order valence-corrected chi connectivity index (χ3v) is 1.55. The van der Waals surface area contributed by atoms with Crippen molar-refractivity contribution < 1.29 is 15.0 Å². The summed E-state index contributed by atoms with van der Waals surface area (Å²) in [6.07, 6.45) is 0. The molecule has 0 saturated heterocycles. The van der Waals surface area contributed by atoms with E-state index in [-0.39, 0.29) is 16.8 Å². The van der Waals surface area contributed by atoms with E-state index in [9.17, 15) is 10.1 Å². The van der Waals surface area contributed by atoms with Crippen molar-refractivity contribution in [2.45, 2.75) is 0 Å². The molecule has 13 heavy (non-hydrogen) atoms. The van der Waals surface area contributed by atoms with Crippen molar-refractivity contribution >= 4 is 24.0 Å². The average molecular weight is 182 g/mol. The lowest BCUT2D eigenvalue weighted by Crippen LogP contribution is -2.29. The number of nitrogens with zero attached hydrogens (tertiary/aromatic N) is 1. The van der Waals surface area contributed by atoms with E-state index in [1.54, 1.807) is 0 Å². The minimum Gasteiger partial charge on any atom is -0.423 e. The lowest BCUT2D eigenvalue weighted by atomic mass is 9.80. The van der Waals surface area contributed by atoms with Crippen molar-refractivity contribution in [1.29, 1.82) is 0 Å². The molecular weight excluding hydrogens is 175 g/mol. The number of nitro groups is 1. The van der Waals surface area contributed by atoms with Gasteiger partial charge < -0.3 is 15.8 Å². The number of rotatable bonds is 2. The van der Waals surface area contributed by atoms with Gasteiger partial charge in [-0.15, -0.1) is 0 Å². The molecule has 4 N–H and O–H groups in total. The van der Waals surface area contributed by atoms with Crippen LogP contribution in [0.3, 0.4) is 0 Å². The predicted molar refractivity (Wildman–Crippen MR) is 47.3 cm³/mol. The lowest BCUT2D eigenvalue weighted by Gasteiger charge is -2.00. The zero-order valence-corrected chi connectivity index (χ0v) is 6.54. The van der Waals surface area contributed by atoms with Crippen LogP contribution in [0.4, 0.5) is 11.4 Å². The molecule has 0 aliphatic rings. The van der Waals surface area contributed by atoms with E-state index < -0.39 is 12.0 Å². The summed E-state index contributed by atoms with van der Waals surface area (Å²) >= 11 is 0. The summed E-state index contributed by atoms with van der Waals surface area (Å²) in [7, 11) is -1.72. The second-order valence-electron chi connectivity index (χ2n) is 2.45. The molecule has 0 heterocycles. The Morgan fingerprint density at radius 2 is 2.08 bits per heavy atom. The van der Waals surface area contributed by atoms with Gasteiger partial charge >= 0.3 is 7.12 Å². The molecule has 0 aromatic heterocycles. The Balaban J connectivity index is 3.19. The van der Waals surface area contributed by atoms with Gasteiger partial charge in [-0.25, -0.2) is 0 Å². The number of nitrogen functional groups attached to an aromatic ring is 1. The van der Waals surface area contributed by atoms with Gasteiger partial charge in [-0.05, 0) is 11.5 Å². The second kappa shape index (κ2) is 3.42. The Kier molecular flexibility index (Phi) is 2.50. The van der Waals surface area contributed by atoms with Crippen LogP contribution in [0.2, 0.25) is 0 Å². The number of nitro benzene ring substituents is 1. The van der Waals surface area contributed by atoms with E-state index in [4.69, 9.17) is 15.8 Å². The van der Waals surface area contributed by atoms with Crippen LogP contribution in [0.1, 0.15) is 0 Å². The minimum absolute atomic E-state index is 0.00519. The molecule has 0 aliphatic heterocycles. The maximum Gasteiger partial charge on any atom is 0.488 e. The highest BCUT2D eigenvalue weighted by Crippen LogP contribution is 2.18. The molecular formula is C6H7BN2O4. The molecule has 7 heteroatoms. The molecule has 0 atom stereocenters. The van der Waals surface area contributed by atoms with Crippen LogP contribution in [0.15, 0.2) is 18.2 Å². The molecule has 0 spiro atoms. The lowest BCUT2D eigenvalue weighted by molar-refractivity contribution is -0.383. The van der Waals surface area contributed by atoms with Gasteiger partial charge in [-0.3, -0.25) is 10.1 Å². The zero-order chi connectivity index (χ0) is 10.0. The molecule has 0 bridgehead atoms. The van der Waals surface area contributed by atoms with Gasteiger partial charge in [-0.1, -0.05) is 6.07 Å². The number of anilines is 1. The van der Waals surface area contributed by atoms with Gasteiger partial charge in [0.1, 0.15) is 5.69 Å². The largest absolute Gasteiger partial charge is 0.488 e. The molecule has 1 aromatic carbocycles. The summed E-state index contributed by atoms with van der Waals surface area (Å²) in [5.41, 5.74) is 4.99. The Morgan fingerprint density at radius 3 is 2.54 bits per heavy atom. The van der Waals surface area contributed by atoms with Crippen LogP contribution in [0.25, 0.3) is 0 Å². The first-order valence-corrected chi connectivity index (χ1v) is 3.42. The van der Waals surface area contributed by atoms with E-state index in [0.717, 1.165) is 6.07 Å². The highest BCUT2D eigenvalue weighted by Gasteiger charge is 2.17. The number of hydrogen-bond acceptors (Lipinski definition) is 5. The third kappa shape index (κ3) is 1.95. The Labute approximate surface area is 73.9 Å². The maximum absolute atomic E-state index is 10.4. The molecule has 6 nitrogen and oxygen atoms in total. The maximum atomic E-state index is 10.4. The Morgan fingerprint density at radius 1 is 1.46 bits per heavy atom. The van der Waals surface area contributed by atoms with Gasteiger partial charge in [0.25, 0.3) is 5.69 Å². The first-order valence-electron chi connectivity index (χ1n) is 3.42. The van der Waals surface area contributed by atoms with Gasteiger partial charge in [0.15, 0.2) is 0 Å². The van der Waals surface area contributed by atoms with E-state index in [1.807, 2.05) is 0 Å². The third-order valence-electron chi connectivity index (χ3n) is 1.55. The van der Waals surface area contributed by atoms with Crippen molar-refractivity contribution in [3.63, 3.8) is 0 Å². The summed E-state index contributed by atoms with van der Waals surface area (Å²) in [6.45, 7) is 0. The van der Waals surface area contributed by atoms with Gasteiger partial charge in [-0.2, -0.15) is 0 Å². The monoisotopic (exact) mass is 182 g/mol. The molecule has 0 radical (unpaired) electrons. The first-order chi connectivity index (χ1) is 6.02. The van der Waals surface area contributed by atoms with Crippen LogP contribution < -0.4 is 11.2 Å². The van der Waals surface area contributed by atoms with Crippen LogP contribution in [-0.2, 0) is 0 Å². The molecule has 0 aliphatic carbocycles. The average Bonchev–Trinajstić information content (AvgIpc) is 2.04. The second-order valence-corrected chi connectivity index (χ2v) is 2.45. The van der Waals surface area contributed by atoms with E-state index >= 15 is 0 Å². The van der Waals surface area contributed by atoms with Gasteiger partial charge in [0.05, 0.1) is 4.92 Å². The molecule has 0 unspecified atom stereocenters. The van der Waals surface area contributed by atoms with Crippen LogP contribution in [0.5, 0.6) is 0 Å². The standard InChI is InChI=1S/C6H7BN2O4/c8-5-2-1-4(7(10)11)3-6(5)9(12)13/h1-3,10-11H,8H2. The van der Waals surface area contributed by atoms with Crippen LogP contribution in [-0.4, -0.2) is 22.1 Å². The zero-order valence-electron chi connectivity index (χ0n) is 6.54. The quantitative estimate of drug-likeness (QED) is 0.231. The van der Waals surface area contributed by atoms with Crippen molar-refractivity contribution in [3.05, 3.63) is 28.3 Å². The van der Waals surface area contributed by atoms with Crippen molar-refractivity contribution in [1.82, 2.24) is 0 Å². The summed E-state index contributed by atoms with van der Waals surface area (Å²) in [5.74, 6) is 0. The van der Waals surface area contributed by atoms with E-state index in [2.05, 4.69) is 0 Å². The molecule has 0 fully saturated rings. The van der Waals surface area contributed by atoms with Crippen molar-refractivity contribution in [2.75, 3.05) is 5.73 Å². The van der Waals surface area contributed by atoms with Crippen LogP contribution in [0, 0.1) is 10.1 Å². The fourth-order valence-corrected chi connectivity index (χ4v) is 0.879. The highest BCUT2D eigenvalue weighted by atomic mass is 16.6. The normalized spacial score (nSPS) is 9.69. The fraction of sp³-hybridized carbons (Fsp3) is 0. The number of hydrogen-bond donors (Lipinski definition) is 3. The molecule has 0 saturated carbocycles. The number of benzene rings is 1. The predicted octanol–water partition coefficient (Wildman–Crippen LogP) is -1.14. The summed E-state index contributed by atoms with van der Waals surface area (Å²) < 4.78 is 0. The van der Waals surface area contributed by atoms with Crippen molar-refractivity contribution in [2.24, 2.45) is 0 Å². The highest BCUT2D eigenvalue weighted by molar-refractivity contribution is 6.58. The minimum atomic E-state index is -1.72. The number of nitrogens with two attached hydrogens (primary N) is 1. The molecule has 1 aromatic rings. The van der Waals surface area contributed by atoms with E-state index in [1.165, 1.54) is 12.1 Å². The molecule has 68 valence electrons. The Hall–Kier alpha value is -1.60. The summed E-state index contributed by atoms with van der Waals surface area (Å²) in [4.78, 5) is 9.68. The van der Waals surface area contributed by atoms with Crippen molar-refractivity contribution in [3.8, 4) is 0 Å². The molecule has 1 rings (SSSR count). The molecule has 0 amide bonds. The Bertz CT molecular complexity index is 341.